The first kappa shape index (κ1) is 20.1. The second kappa shape index (κ2) is 9.06. The minimum absolute atomic E-state index is 0.196. The zero-order valence-electron chi connectivity index (χ0n) is 16.7. The summed E-state index contributed by atoms with van der Waals surface area (Å²) < 4.78 is 10.7. The molecule has 0 saturated carbocycles. The van der Waals surface area contributed by atoms with Crippen molar-refractivity contribution in [3.05, 3.63) is 89.0 Å². The number of carbonyl (C=O) groups is 2. The zero-order chi connectivity index (χ0) is 20.8. The Morgan fingerprint density at radius 3 is 2.24 bits per heavy atom. The van der Waals surface area contributed by atoms with Gasteiger partial charge in [0.1, 0.15) is 11.5 Å². The molecule has 3 rings (SSSR count). The van der Waals surface area contributed by atoms with E-state index in [1.807, 2.05) is 57.2 Å². The Balaban J connectivity index is 1.55. The first-order valence-corrected chi connectivity index (χ1v) is 9.29. The van der Waals surface area contributed by atoms with Crippen LogP contribution in [-0.4, -0.2) is 18.5 Å². The maximum atomic E-state index is 12.4. The lowest BCUT2D eigenvalue weighted by atomic mass is 10.1. The summed E-state index contributed by atoms with van der Waals surface area (Å²) in [4.78, 5) is 24.4. The van der Waals surface area contributed by atoms with Crippen LogP contribution in [0.4, 0.5) is 5.69 Å². The molecule has 0 aromatic heterocycles. The molecule has 5 heteroatoms. The number of hydrogen-bond acceptors (Lipinski definition) is 4. The highest BCUT2D eigenvalue weighted by molar-refractivity contribution is 6.04. The number of hydrogen-bond donors (Lipinski definition) is 1. The second-order valence-corrected chi connectivity index (χ2v) is 6.88. The largest absolute Gasteiger partial charge is 0.482 e. The molecule has 0 radical (unpaired) electrons. The van der Waals surface area contributed by atoms with Crippen molar-refractivity contribution in [2.75, 3.05) is 11.9 Å². The molecule has 0 bridgehead atoms. The predicted octanol–water partition coefficient (Wildman–Crippen LogP) is 4.85. The molecule has 3 aromatic rings. The molecule has 29 heavy (non-hydrogen) atoms. The van der Waals surface area contributed by atoms with Gasteiger partial charge in [-0.2, -0.15) is 0 Å². The highest BCUT2D eigenvalue weighted by atomic mass is 16.6. The number of nitrogens with one attached hydrogen (secondary N) is 1. The fourth-order valence-electron chi connectivity index (χ4n) is 2.83. The number of benzene rings is 3. The van der Waals surface area contributed by atoms with Crippen LogP contribution >= 0.6 is 0 Å². The molecule has 0 unspecified atom stereocenters. The minimum atomic E-state index is -0.515. The molecular formula is C24H23NO4. The quantitative estimate of drug-likeness (QED) is 0.484. The Kier molecular flexibility index (Phi) is 6.29. The summed E-state index contributed by atoms with van der Waals surface area (Å²) in [6, 6.07) is 19.7. The van der Waals surface area contributed by atoms with E-state index in [-0.39, 0.29) is 12.5 Å². The summed E-state index contributed by atoms with van der Waals surface area (Å²) in [5, 5.41) is 2.89. The van der Waals surface area contributed by atoms with E-state index >= 15 is 0 Å². The van der Waals surface area contributed by atoms with Crippen LogP contribution in [0.3, 0.4) is 0 Å². The normalized spacial score (nSPS) is 10.3. The Morgan fingerprint density at radius 2 is 1.55 bits per heavy atom. The lowest BCUT2D eigenvalue weighted by Crippen LogP contribution is -2.18. The van der Waals surface area contributed by atoms with Gasteiger partial charge in [-0.25, -0.2) is 4.79 Å². The van der Waals surface area contributed by atoms with E-state index in [0.717, 1.165) is 22.4 Å². The van der Waals surface area contributed by atoms with Crippen molar-refractivity contribution in [1.29, 1.82) is 0 Å². The highest BCUT2D eigenvalue weighted by Gasteiger charge is 2.10. The summed E-state index contributed by atoms with van der Waals surface area (Å²) in [5.74, 6) is 0.225. The van der Waals surface area contributed by atoms with Gasteiger partial charge in [0.05, 0.1) is 0 Å². The van der Waals surface area contributed by atoms with Crippen LogP contribution in [0.5, 0.6) is 11.5 Å². The highest BCUT2D eigenvalue weighted by Crippen LogP contribution is 2.19. The average Bonchev–Trinajstić information content (AvgIpc) is 2.69. The van der Waals surface area contributed by atoms with Crippen molar-refractivity contribution in [2.24, 2.45) is 0 Å². The first-order valence-electron chi connectivity index (χ1n) is 9.29. The fraction of sp³-hybridized carbons (Fsp3) is 0.167. The third-order valence-corrected chi connectivity index (χ3v) is 4.32. The van der Waals surface area contributed by atoms with Gasteiger partial charge in [0.15, 0.2) is 6.61 Å². The number of anilines is 1. The SMILES string of the molecule is Cc1cccc(OCC(=O)Oc2ccc(C(=O)Nc3ccc(C)cc3C)cc2)c1. The zero-order valence-corrected chi connectivity index (χ0v) is 16.7. The molecule has 148 valence electrons. The van der Waals surface area contributed by atoms with Gasteiger partial charge in [-0.1, -0.05) is 29.8 Å². The van der Waals surface area contributed by atoms with E-state index in [1.54, 1.807) is 30.3 Å². The standard InChI is InChI=1S/C24H23NO4/c1-16-5-4-6-21(14-16)28-15-23(26)29-20-10-8-19(9-11-20)24(27)25-22-12-7-17(2)13-18(22)3/h4-14H,15H2,1-3H3,(H,25,27). The van der Waals surface area contributed by atoms with Gasteiger partial charge in [0, 0.05) is 11.3 Å². The summed E-state index contributed by atoms with van der Waals surface area (Å²) in [6.45, 7) is 5.70. The van der Waals surface area contributed by atoms with Crippen molar-refractivity contribution in [1.82, 2.24) is 0 Å². The van der Waals surface area contributed by atoms with Gasteiger partial charge in [0.25, 0.3) is 5.91 Å². The maximum Gasteiger partial charge on any atom is 0.349 e. The van der Waals surface area contributed by atoms with Crippen LogP contribution in [0, 0.1) is 20.8 Å². The first-order chi connectivity index (χ1) is 13.9. The van der Waals surface area contributed by atoms with Crippen molar-refractivity contribution < 1.29 is 19.1 Å². The summed E-state index contributed by atoms with van der Waals surface area (Å²) in [6.07, 6.45) is 0. The molecular weight excluding hydrogens is 366 g/mol. The molecule has 1 N–H and O–H groups in total. The molecule has 0 aliphatic rings. The Labute approximate surface area is 170 Å². The van der Waals surface area contributed by atoms with Gasteiger partial charge in [-0.05, 0) is 74.4 Å². The maximum absolute atomic E-state index is 12.4. The van der Waals surface area contributed by atoms with E-state index in [0.29, 0.717) is 17.1 Å². The summed E-state index contributed by atoms with van der Waals surface area (Å²) in [5.41, 5.74) is 4.42. The molecule has 3 aromatic carbocycles. The lowest BCUT2D eigenvalue weighted by Gasteiger charge is -2.10. The molecule has 0 atom stereocenters. The monoisotopic (exact) mass is 389 g/mol. The van der Waals surface area contributed by atoms with Gasteiger partial charge in [-0.3, -0.25) is 4.79 Å². The van der Waals surface area contributed by atoms with E-state index in [2.05, 4.69) is 5.32 Å². The average molecular weight is 389 g/mol. The van der Waals surface area contributed by atoms with Crippen LogP contribution in [0.1, 0.15) is 27.0 Å². The van der Waals surface area contributed by atoms with E-state index in [4.69, 9.17) is 9.47 Å². The number of amides is 1. The van der Waals surface area contributed by atoms with Crippen molar-refractivity contribution in [2.45, 2.75) is 20.8 Å². The van der Waals surface area contributed by atoms with Crippen LogP contribution in [0.25, 0.3) is 0 Å². The van der Waals surface area contributed by atoms with Gasteiger partial charge in [0.2, 0.25) is 0 Å². The van der Waals surface area contributed by atoms with Crippen LogP contribution in [-0.2, 0) is 4.79 Å². The molecule has 1 amide bonds. The van der Waals surface area contributed by atoms with Gasteiger partial charge in [-0.15, -0.1) is 0 Å². The van der Waals surface area contributed by atoms with Crippen molar-refractivity contribution in [3.63, 3.8) is 0 Å². The topological polar surface area (TPSA) is 64.6 Å². The smallest absolute Gasteiger partial charge is 0.349 e. The number of aryl methyl sites for hydroxylation is 3. The van der Waals surface area contributed by atoms with Crippen LogP contribution < -0.4 is 14.8 Å². The van der Waals surface area contributed by atoms with Gasteiger partial charge >= 0.3 is 5.97 Å². The fourth-order valence-corrected chi connectivity index (χ4v) is 2.83. The third-order valence-electron chi connectivity index (χ3n) is 4.32. The number of rotatable bonds is 6. The Morgan fingerprint density at radius 1 is 0.828 bits per heavy atom. The summed E-state index contributed by atoms with van der Waals surface area (Å²) >= 11 is 0. The summed E-state index contributed by atoms with van der Waals surface area (Å²) in [7, 11) is 0. The second-order valence-electron chi connectivity index (χ2n) is 6.88. The molecule has 5 nitrogen and oxygen atoms in total. The Bertz CT molecular complexity index is 1030. The predicted molar refractivity (Wildman–Crippen MR) is 113 cm³/mol. The van der Waals surface area contributed by atoms with E-state index < -0.39 is 5.97 Å². The Hall–Kier alpha value is -3.60. The minimum Gasteiger partial charge on any atom is -0.482 e. The van der Waals surface area contributed by atoms with Crippen LogP contribution in [0.15, 0.2) is 66.7 Å². The van der Waals surface area contributed by atoms with Crippen LogP contribution in [0.2, 0.25) is 0 Å². The molecule has 0 aliphatic heterocycles. The number of esters is 1. The van der Waals surface area contributed by atoms with Crippen molar-refractivity contribution in [3.8, 4) is 11.5 Å². The molecule has 0 saturated heterocycles. The molecule has 0 heterocycles. The number of carbonyl (C=O) groups excluding carboxylic acids is 2. The van der Waals surface area contributed by atoms with E-state index in [9.17, 15) is 9.59 Å². The third kappa shape index (κ3) is 5.69. The number of ether oxygens (including phenoxy) is 2. The van der Waals surface area contributed by atoms with Gasteiger partial charge < -0.3 is 14.8 Å². The molecule has 0 spiro atoms. The van der Waals surface area contributed by atoms with E-state index in [1.165, 1.54) is 0 Å². The molecule has 0 aliphatic carbocycles. The lowest BCUT2D eigenvalue weighted by molar-refractivity contribution is -0.136. The molecule has 0 fully saturated rings. The van der Waals surface area contributed by atoms with Crippen molar-refractivity contribution >= 4 is 17.6 Å².